The Hall–Kier alpha value is -1.70. The monoisotopic (exact) mass is 292 g/mol. The lowest BCUT2D eigenvalue weighted by Crippen LogP contribution is -2.49. The van der Waals surface area contributed by atoms with Crippen LogP contribution < -0.4 is 5.32 Å². The van der Waals surface area contributed by atoms with Crippen LogP contribution in [0.5, 0.6) is 0 Å². The van der Waals surface area contributed by atoms with Crippen molar-refractivity contribution in [2.24, 2.45) is 5.92 Å². The molecule has 2 N–H and O–H groups in total. The molecule has 2 rings (SSSR count). The van der Waals surface area contributed by atoms with Gasteiger partial charge in [0.15, 0.2) is 0 Å². The highest BCUT2D eigenvalue weighted by molar-refractivity contribution is 5.75. The first-order chi connectivity index (χ1) is 10.1. The highest BCUT2D eigenvalue weighted by Crippen LogP contribution is 2.26. The van der Waals surface area contributed by atoms with Gasteiger partial charge in [-0.25, -0.2) is 4.79 Å². The third-order valence-corrected chi connectivity index (χ3v) is 4.69. The fraction of sp³-hybridized carbons (Fsp3) is 0.750. The summed E-state index contributed by atoms with van der Waals surface area (Å²) in [5.41, 5.74) is 0. The molecule has 2 saturated carbocycles. The molecule has 2 amide bonds. The Morgan fingerprint density at radius 2 is 1.76 bits per heavy atom. The fourth-order valence-electron chi connectivity index (χ4n) is 3.42. The van der Waals surface area contributed by atoms with Gasteiger partial charge in [-0.2, -0.15) is 0 Å². The van der Waals surface area contributed by atoms with Gasteiger partial charge >= 0.3 is 12.0 Å². The third kappa shape index (κ3) is 4.13. The van der Waals surface area contributed by atoms with Gasteiger partial charge in [0.25, 0.3) is 0 Å². The maximum atomic E-state index is 12.4. The molecule has 2 aliphatic rings. The van der Waals surface area contributed by atoms with Crippen LogP contribution >= 0.6 is 0 Å². The van der Waals surface area contributed by atoms with Crippen molar-refractivity contribution in [1.82, 2.24) is 10.2 Å². The van der Waals surface area contributed by atoms with E-state index in [1.807, 2.05) is 0 Å². The zero-order chi connectivity index (χ0) is 15.2. The summed E-state index contributed by atoms with van der Waals surface area (Å²) in [5, 5.41) is 12.0. The van der Waals surface area contributed by atoms with Gasteiger partial charge in [-0.1, -0.05) is 18.8 Å². The maximum absolute atomic E-state index is 12.4. The number of hydrogen-bond acceptors (Lipinski definition) is 2. The molecule has 0 heterocycles. The van der Waals surface area contributed by atoms with Crippen molar-refractivity contribution in [1.29, 1.82) is 0 Å². The molecule has 0 saturated heterocycles. The number of aliphatic carboxylic acids is 1. The van der Waals surface area contributed by atoms with E-state index >= 15 is 0 Å². The van der Waals surface area contributed by atoms with Gasteiger partial charge in [0.1, 0.15) is 0 Å². The standard InChI is InChI=1S/C16H24N2O3/c1-2-11-18(14-5-3-4-6-14)16(21)17-13-9-7-12(8-10-13)15(19)20/h1,12-14H,3-11H2,(H,17,21)(H,19,20). The van der Waals surface area contributed by atoms with E-state index in [2.05, 4.69) is 11.2 Å². The van der Waals surface area contributed by atoms with E-state index in [-0.39, 0.29) is 24.0 Å². The molecular formula is C16H24N2O3. The van der Waals surface area contributed by atoms with Gasteiger partial charge in [0.05, 0.1) is 12.5 Å². The minimum absolute atomic E-state index is 0.0785. The Bertz CT molecular complexity index is 416. The average Bonchev–Trinajstić information content (AvgIpc) is 2.99. The highest BCUT2D eigenvalue weighted by Gasteiger charge is 2.30. The number of terminal acetylenes is 1. The van der Waals surface area contributed by atoms with Crippen LogP contribution in [0.4, 0.5) is 4.79 Å². The van der Waals surface area contributed by atoms with Gasteiger partial charge in [-0.3, -0.25) is 4.79 Å². The van der Waals surface area contributed by atoms with Crippen molar-refractivity contribution in [3.63, 3.8) is 0 Å². The second-order valence-corrected chi connectivity index (χ2v) is 6.11. The van der Waals surface area contributed by atoms with Crippen molar-refractivity contribution in [3.8, 4) is 12.3 Å². The summed E-state index contributed by atoms with van der Waals surface area (Å²) in [6.45, 7) is 0.348. The predicted molar refractivity (Wildman–Crippen MR) is 79.7 cm³/mol. The Morgan fingerprint density at radius 1 is 1.14 bits per heavy atom. The van der Waals surface area contributed by atoms with E-state index < -0.39 is 5.97 Å². The topological polar surface area (TPSA) is 69.6 Å². The first-order valence-electron chi connectivity index (χ1n) is 7.85. The van der Waals surface area contributed by atoms with Crippen LogP contribution in [-0.4, -0.2) is 40.6 Å². The van der Waals surface area contributed by atoms with Crippen LogP contribution in [0.1, 0.15) is 51.4 Å². The van der Waals surface area contributed by atoms with Crippen LogP contribution in [0.15, 0.2) is 0 Å². The summed E-state index contributed by atoms with van der Waals surface area (Å²) >= 11 is 0. The normalized spacial score (nSPS) is 26.0. The van der Waals surface area contributed by atoms with Gasteiger partial charge < -0.3 is 15.3 Å². The second-order valence-electron chi connectivity index (χ2n) is 6.11. The first kappa shape index (κ1) is 15.7. The highest BCUT2D eigenvalue weighted by atomic mass is 16.4. The molecule has 2 aliphatic carbocycles. The number of nitrogens with zero attached hydrogens (tertiary/aromatic N) is 1. The molecule has 0 atom stereocenters. The second kappa shape index (κ2) is 7.35. The lowest BCUT2D eigenvalue weighted by atomic mass is 9.86. The number of amides is 2. The molecule has 21 heavy (non-hydrogen) atoms. The molecule has 5 nitrogen and oxygen atoms in total. The SMILES string of the molecule is C#CCN(C(=O)NC1CCC(C(=O)O)CC1)C1CCCC1. The summed E-state index contributed by atoms with van der Waals surface area (Å²) < 4.78 is 0. The number of urea groups is 1. The van der Waals surface area contributed by atoms with Crippen LogP contribution in [0, 0.1) is 18.3 Å². The zero-order valence-corrected chi connectivity index (χ0v) is 12.4. The minimum Gasteiger partial charge on any atom is -0.481 e. The predicted octanol–water partition coefficient (Wildman–Crippen LogP) is 2.22. The lowest BCUT2D eigenvalue weighted by Gasteiger charge is -2.32. The zero-order valence-electron chi connectivity index (χ0n) is 12.4. The van der Waals surface area contributed by atoms with Crippen LogP contribution in [-0.2, 0) is 4.79 Å². The number of carboxylic acids is 1. The van der Waals surface area contributed by atoms with Crippen molar-refractivity contribution in [3.05, 3.63) is 0 Å². The molecule has 0 radical (unpaired) electrons. The third-order valence-electron chi connectivity index (χ3n) is 4.69. The van der Waals surface area contributed by atoms with Gasteiger partial charge in [0.2, 0.25) is 0 Å². The molecule has 0 aromatic carbocycles. The van der Waals surface area contributed by atoms with E-state index in [0.29, 0.717) is 19.4 Å². The minimum atomic E-state index is -0.723. The number of rotatable bonds is 4. The molecule has 0 aromatic rings. The Kier molecular flexibility index (Phi) is 5.49. The quantitative estimate of drug-likeness (QED) is 0.781. The number of nitrogens with one attached hydrogen (secondary N) is 1. The summed E-state index contributed by atoms with van der Waals surface area (Å²) in [6.07, 6.45) is 12.5. The molecular weight excluding hydrogens is 268 g/mol. The van der Waals surface area contributed by atoms with E-state index in [9.17, 15) is 9.59 Å². The summed E-state index contributed by atoms with van der Waals surface area (Å²) in [4.78, 5) is 25.1. The number of carboxylic acid groups (broad SMARTS) is 1. The molecule has 0 spiro atoms. The molecule has 2 fully saturated rings. The van der Waals surface area contributed by atoms with Gasteiger partial charge in [-0.05, 0) is 38.5 Å². The summed E-state index contributed by atoms with van der Waals surface area (Å²) in [5.74, 6) is 1.59. The Morgan fingerprint density at radius 3 is 2.29 bits per heavy atom. The van der Waals surface area contributed by atoms with Crippen molar-refractivity contribution in [2.75, 3.05) is 6.54 Å². The van der Waals surface area contributed by atoms with Crippen LogP contribution in [0.2, 0.25) is 0 Å². The smallest absolute Gasteiger partial charge is 0.318 e. The number of carbonyl (C=O) groups excluding carboxylic acids is 1. The maximum Gasteiger partial charge on any atom is 0.318 e. The molecule has 0 aromatic heterocycles. The first-order valence-corrected chi connectivity index (χ1v) is 7.85. The lowest BCUT2D eigenvalue weighted by molar-refractivity contribution is -0.142. The fourth-order valence-corrected chi connectivity index (χ4v) is 3.42. The molecule has 0 aliphatic heterocycles. The van der Waals surface area contributed by atoms with Crippen molar-refractivity contribution < 1.29 is 14.7 Å². The van der Waals surface area contributed by atoms with Crippen LogP contribution in [0.25, 0.3) is 0 Å². The van der Waals surface area contributed by atoms with E-state index in [4.69, 9.17) is 11.5 Å². The van der Waals surface area contributed by atoms with E-state index in [0.717, 1.165) is 38.5 Å². The number of hydrogen-bond donors (Lipinski definition) is 2. The molecule has 0 bridgehead atoms. The largest absolute Gasteiger partial charge is 0.481 e. The summed E-state index contributed by atoms with van der Waals surface area (Å²) in [6, 6.07) is 0.254. The van der Waals surface area contributed by atoms with Crippen LogP contribution in [0.3, 0.4) is 0 Å². The average molecular weight is 292 g/mol. The van der Waals surface area contributed by atoms with Gasteiger partial charge in [-0.15, -0.1) is 6.42 Å². The Labute approximate surface area is 126 Å². The molecule has 116 valence electrons. The molecule has 0 unspecified atom stereocenters. The van der Waals surface area contributed by atoms with E-state index in [1.165, 1.54) is 0 Å². The molecule has 5 heteroatoms. The van der Waals surface area contributed by atoms with Gasteiger partial charge in [0, 0.05) is 12.1 Å². The summed E-state index contributed by atoms with van der Waals surface area (Å²) in [7, 11) is 0. The van der Waals surface area contributed by atoms with Crippen molar-refractivity contribution >= 4 is 12.0 Å². The van der Waals surface area contributed by atoms with E-state index in [1.54, 1.807) is 4.90 Å². The Balaban J connectivity index is 1.85. The van der Waals surface area contributed by atoms with Crippen molar-refractivity contribution in [2.45, 2.75) is 63.5 Å². The number of carbonyl (C=O) groups is 2.